The maximum absolute atomic E-state index is 12.9. The number of alkyl halides is 3. The van der Waals surface area contributed by atoms with E-state index in [1.165, 1.54) is 12.1 Å². The van der Waals surface area contributed by atoms with Crippen LogP contribution < -0.4 is 11.1 Å². The van der Waals surface area contributed by atoms with Gasteiger partial charge in [-0.2, -0.15) is 13.2 Å². The van der Waals surface area contributed by atoms with Crippen LogP contribution in [0.3, 0.4) is 0 Å². The third-order valence-electron chi connectivity index (χ3n) is 2.98. The minimum atomic E-state index is -4.35. The Kier molecular flexibility index (Phi) is 4.47. The maximum atomic E-state index is 12.9. The first-order valence-electron chi connectivity index (χ1n) is 6.17. The van der Waals surface area contributed by atoms with Crippen LogP contribution in [0.2, 0.25) is 0 Å². The number of halogens is 3. The van der Waals surface area contributed by atoms with Crippen molar-refractivity contribution in [2.24, 2.45) is 5.73 Å². The summed E-state index contributed by atoms with van der Waals surface area (Å²) in [5.41, 5.74) is 6.47. The van der Waals surface area contributed by atoms with E-state index in [2.05, 4.69) is 5.32 Å². The summed E-state index contributed by atoms with van der Waals surface area (Å²) in [6.07, 6.45) is -4.35. The second-order valence-electron chi connectivity index (χ2n) is 4.45. The van der Waals surface area contributed by atoms with Gasteiger partial charge in [-0.1, -0.05) is 30.4 Å². The summed E-state index contributed by atoms with van der Waals surface area (Å²) in [5.74, 6) is 0. The molecular formula is C15H13F3N2S. The van der Waals surface area contributed by atoms with Crippen molar-refractivity contribution in [1.29, 1.82) is 0 Å². The maximum Gasteiger partial charge on any atom is 0.416 e. The van der Waals surface area contributed by atoms with Crippen molar-refractivity contribution in [3.63, 3.8) is 0 Å². The fraction of sp³-hybridized carbons (Fsp3) is 0.133. The highest BCUT2D eigenvalue weighted by molar-refractivity contribution is 7.80. The fourth-order valence-electron chi connectivity index (χ4n) is 1.90. The minimum Gasteiger partial charge on any atom is -0.389 e. The summed E-state index contributed by atoms with van der Waals surface area (Å²) in [7, 11) is 0. The molecule has 2 rings (SSSR count). The van der Waals surface area contributed by atoms with Gasteiger partial charge >= 0.3 is 6.18 Å². The Hall–Kier alpha value is -2.08. The molecule has 0 bridgehead atoms. The average molecular weight is 310 g/mol. The Morgan fingerprint density at radius 2 is 1.67 bits per heavy atom. The average Bonchev–Trinajstić information content (AvgIpc) is 2.45. The highest BCUT2D eigenvalue weighted by atomic mass is 32.1. The van der Waals surface area contributed by atoms with E-state index in [0.717, 1.165) is 6.07 Å². The topological polar surface area (TPSA) is 38.0 Å². The Morgan fingerprint density at radius 3 is 2.24 bits per heavy atom. The molecule has 2 nitrogen and oxygen atoms in total. The van der Waals surface area contributed by atoms with Crippen molar-refractivity contribution in [3.8, 4) is 0 Å². The van der Waals surface area contributed by atoms with Gasteiger partial charge < -0.3 is 11.1 Å². The summed E-state index contributed by atoms with van der Waals surface area (Å²) in [4.78, 5) is 0.281. The molecule has 0 atom stereocenters. The fourth-order valence-corrected chi connectivity index (χ4v) is 2.04. The first-order chi connectivity index (χ1) is 9.88. The smallest absolute Gasteiger partial charge is 0.389 e. The van der Waals surface area contributed by atoms with Crippen LogP contribution in [0.25, 0.3) is 0 Å². The zero-order chi connectivity index (χ0) is 15.5. The minimum absolute atomic E-state index is 0.0854. The summed E-state index contributed by atoms with van der Waals surface area (Å²) in [6.45, 7) is 0.0854. The molecular weight excluding hydrogens is 297 g/mol. The molecule has 0 saturated carbocycles. The van der Waals surface area contributed by atoms with Gasteiger partial charge in [-0.25, -0.2) is 0 Å². The number of nitrogens with one attached hydrogen (secondary N) is 1. The van der Waals surface area contributed by atoms with Crippen LogP contribution in [0.15, 0.2) is 48.5 Å². The molecule has 3 N–H and O–H groups in total. The van der Waals surface area contributed by atoms with Gasteiger partial charge in [0.2, 0.25) is 0 Å². The van der Waals surface area contributed by atoms with Crippen molar-refractivity contribution >= 4 is 22.9 Å². The van der Waals surface area contributed by atoms with Gasteiger partial charge in [0.1, 0.15) is 4.99 Å². The number of rotatable bonds is 4. The lowest BCUT2D eigenvalue weighted by Gasteiger charge is -2.14. The molecule has 2 aromatic carbocycles. The predicted molar refractivity (Wildman–Crippen MR) is 81.1 cm³/mol. The normalized spacial score (nSPS) is 11.2. The molecule has 6 heteroatoms. The van der Waals surface area contributed by atoms with Crippen molar-refractivity contribution in [2.75, 3.05) is 5.32 Å². The number of hydrogen-bond donors (Lipinski definition) is 2. The van der Waals surface area contributed by atoms with E-state index in [1.54, 1.807) is 30.3 Å². The Balaban J connectivity index is 2.12. The molecule has 0 aliphatic carbocycles. The van der Waals surface area contributed by atoms with Crippen LogP contribution in [-0.4, -0.2) is 4.99 Å². The number of thiocarbonyl (C=S) groups is 1. The largest absolute Gasteiger partial charge is 0.416 e. The van der Waals surface area contributed by atoms with E-state index >= 15 is 0 Å². The zero-order valence-electron chi connectivity index (χ0n) is 10.9. The molecule has 0 unspecified atom stereocenters. The molecule has 0 heterocycles. The first kappa shape index (κ1) is 15.3. The van der Waals surface area contributed by atoms with Gasteiger partial charge in [-0.15, -0.1) is 0 Å². The Labute approximate surface area is 125 Å². The van der Waals surface area contributed by atoms with Gasteiger partial charge in [0.25, 0.3) is 0 Å². The molecule has 0 amide bonds. The van der Waals surface area contributed by atoms with Crippen molar-refractivity contribution in [3.05, 3.63) is 65.2 Å². The third kappa shape index (κ3) is 3.95. The van der Waals surface area contributed by atoms with Crippen LogP contribution in [0.1, 0.15) is 16.7 Å². The van der Waals surface area contributed by atoms with Crippen LogP contribution >= 0.6 is 12.2 Å². The Bertz CT molecular complexity index is 636. The molecule has 0 aliphatic rings. The molecule has 2 aromatic rings. The highest BCUT2D eigenvalue weighted by Gasteiger charge is 2.32. The van der Waals surface area contributed by atoms with E-state index in [4.69, 9.17) is 18.0 Å². The van der Waals surface area contributed by atoms with Crippen LogP contribution in [0.4, 0.5) is 18.9 Å². The van der Waals surface area contributed by atoms with Gasteiger partial charge in [-0.05, 0) is 35.9 Å². The third-order valence-corrected chi connectivity index (χ3v) is 3.21. The number of benzene rings is 2. The van der Waals surface area contributed by atoms with E-state index in [-0.39, 0.29) is 17.1 Å². The molecule has 0 aromatic heterocycles. The lowest BCUT2D eigenvalue weighted by atomic mass is 10.1. The number of anilines is 1. The quantitative estimate of drug-likeness (QED) is 0.840. The predicted octanol–water partition coefficient (Wildman–Crippen LogP) is 3.95. The molecule has 0 fully saturated rings. The molecule has 21 heavy (non-hydrogen) atoms. The summed E-state index contributed by atoms with van der Waals surface area (Å²) >= 11 is 4.84. The van der Waals surface area contributed by atoms with Gasteiger partial charge in [0.15, 0.2) is 0 Å². The molecule has 0 radical (unpaired) electrons. The first-order valence-corrected chi connectivity index (χ1v) is 6.57. The van der Waals surface area contributed by atoms with Gasteiger partial charge in [0, 0.05) is 17.8 Å². The molecule has 0 spiro atoms. The lowest BCUT2D eigenvalue weighted by Crippen LogP contribution is -2.12. The van der Waals surface area contributed by atoms with Crippen LogP contribution in [0, 0.1) is 0 Å². The molecule has 0 aliphatic heterocycles. The van der Waals surface area contributed by atoms with Crippen molar-refractivity contribution in [2.45, 2.75) is 12.7 Å². The second-order valence-corrected chi connectivity index (χ2v) is 4.89. The lowest BCUT2D eigenvalue weighted by molar-refractivity contribution is -0.138. The van der Waals surface area contributed by atoms with Crippen molar-refractivity contribution < 1.29 is 13.2 Å². The van der Waals surface area contributed by atoms with Crippen LogP contribution in [-0.2, 0) is 12.7 Å². The van der Waals surface area contributed by atoms with E-state index < -0.39 is 11.7 Å². The summed E-state index contributed by atoms with van der Waals surface area (Å²) in [6, 6.07) is 12.4. The van der Waals surface area contributed by atoms with Crippen molar-refractivity contribution in [1.82, 2.24) is 0 Å². The van der Waals surface area contributed by atoms with Crippen LogP contribution in [0.5, 0.6) is 0 Å². The van der Waals surface area contributed by atoms with Gasteiger partial charge in [0.05, 0.1) is 5.56 Å². The second kappa shape index (κ2) is 6.13. The SMILES string of the molecule is NC(=S)c1ccc(NCc2ccccc2C(F)(F)F)cc1. The van der Waals surface area contributed by atoms with E-state index in [0.29, 0.717) is 11.3 Å². The number of nitrogens with two attached hydrogens (primary N) is 1. The highest BCUT2D eigenvalue weighted by Crippen LogP contribution is 2.32. The monoisotopic (exact) mass is 310 g/mol. The standard InChI is InChI=1S/C15H13F3N2S/c16-15(17,18)13-4-2-1-3-11(13)9-20-12-7-5-10(6-8-12)14(19)21/h1-8,20H,9H2,(H2,19,21). The van der Waals surface area contributed by atoms with E-state index in [1.807, 2.05) is 0 Å². The zero-order valence-corrected chi connectivity index (χ0v) is 11.8. The summed E-state index contributed by atoms with van der Waals surface area (Å²) < 4.78 is 38.6. The van der Waals surface area contributed by atoms with E-state index in [9.17, 15) is 13.2 Å². The summed E-state index contributed by atoms with van der Waals surface area (Å²) in [5, 5.41) is 2.96. The van der Waals surface area contributed by atoms with Gasteiger partial charge in [-0.3, -0.25) is 0 Å². The Morgan fingerprint density at radius 1 is 1.05 bits per heavy atom. The number of hydrogen-bond acceptors (Lipinski definition) is 2. The molecule has 110 valence electrons. The molecule has 0 saturated heterocycles.